The number of thioether (sulfide) groups is 1. The van der Waals surface area contributed by atoms with Crippen molar-refractivity contribution < 1.29 is 0 Å². The van der Waals surface area contributed by atoms with E-state index in [2.05, 4.69) is 26.8 Å². The van der Waals surface area contributed by atoms with Gasteiger partial charge in [-0.2, -0.15) is 4.98 Å². The molecule has 3 aromatic heterocycles. The summed E-state index contributed by atoms with van der Waals surface area (Å²) in [5.41, 5.74) is 1.02. The third kappa shape index (κ3) is 4.14. The van der Waals surface area contributed by atoms with Crippen LogP contribution in [0.25, 0.3) is 11.2 Å². The molecule has 0 saturated carbocycles. The van der Waals surface area contributed by atoms with Crippen LogP contribution in [0.15, 0.2) is 27.0 Å². The average Bonchev–Trinajstić information content (AvgIpc) is 3.10. The quantitative estimate of drug-likeness (QED) is 0.363. The van der Waals surface area contributed by atoms with E-state index in [-0.39, 0.29) is 5.56 Å². The molecule has 1 N–H and O–H groups in total. The maximum Gasteiger partial charge on any atom is 0.329 e. The van der Waals surface area contributed by atoms with Gasteiger partial charge < -0.3 is 9.47 Å². The van der Waals surface area contributed by atoms with Crippen molar-refractivity contribution in [2.75, 3.05) is 23.7 Å². The summed E-state index contributed by atoms with van der Waals surface area (Å²) in [6.45, 7) is 6.66. The van der Waals surface area contributed by atoms with Crippen LogP contribution in [0.5, 0.6) is 0 Å². The maximum absolute atomic E-state index is 12.6. The highest BCUT2D eigenvalue weighted by atomic mass is 32.2. The van der Waals surface area contributed by atoms with Crippen molar-refractivity contribution in [3.63, 3.8) is 0 Å². The van der Waals surface area contributed by atoms with Gasteiger partial charge in [0.15, 0.2) is 16.3 Å². The van der Waals surface area contributed by atoms with Crippen LogP contribution >= 0.6 is 11.8 Å². The summed E-state index contributed by atoms with van der Waals surface area (Å²) in [5, 5.41) is 0.760. The van der Waals surface area contributed by atoms with E-state index in [0.717, 1.165) is 54.9 Å². The molecule has 0 radical (unpaired) electrons. The third-order valence-corrected chi connectivity index (χ3v) is 6.53. The van der Waals surface area contributed by atoms with Crippen LogP contribution in [-0.4, -0.2) is 47.9 Å². The Morgan fingerprint density at radius 1 is 1.23 bits per heavy atom. The molecule has 1 aliphatic rings. The number of aromatic nitrogens is 6. The molecule has 0 atom stereocenters. The Bertz CT molecular complexity index is 1160. The lowest BCUT2D eigenvalue weighted by Crippen LogP contribution is -2.35. The van der Waals surface area contributed by atoms with Crippen molar-refractivity contribution in [3.8, 4) is 0 Å². The lowest BCUT2D eigenvalue weighted by atomic mass is 10.00. The molecule has 0 bridgehead atoms. The van der Waals surface area contributed by atoms with Gasteiger partial charge in [0.1, 0.15) is 0 Å². The molecule has 0 aliphatic carbocycles. The topological polar surface area (TPSA) is 102 Å². The number of nitrogens with one attached hydrogen (secondary N) is 1. The van der Waals surface area contributed by atoms with E-state index in [9.17, 15) is 9.59 Å². The number of anilines is 1. The molecule has 9 nitrogen and oxygen atoms in total. The Labute approximate surface area is 178 Å². The van der Waals surface area contributed by atoms with Crippen molar-refractivity contribution >= 4 is 28.9 Å². The molecule has 0 unspecified atom stereocenters. The van der Waals surface area contributed by atoms with Crippen LogP contribution < -0.4 is 16.1 Å². The zero-order chi connectivity index (χ0) is 21.3. The first kappa shape index (κ1) is 20.6. The molecule has 0 aromatic carbocycles. The molecule has 3 aromatic rings. The minimum Gasteiger partial charge on any atom is -0.342 e. The zero-order valence-corrected chi connectivity index (χ0v) is 18.4. The van der Waals surface area contributed by atoms with Gasteiger partial charge in [-0.25, -0.2) is 14.8 Å². The highest BCUT2D eigenvalue weighted by molar-refractivity contribution is 7.99. The molecule has 4 heterocycles. The molecule has 1 aliphatic heterocycles. The number of aromatic amines is 1. The Morgan fingerprint density at radius 3 is 2.73 bits per heavy atom. The second-order valence-electron chi connectivity index (χ2n) is 7.91. The van der Waals surface area contributed by atoms with E-state index in [0.29, 0.717) is 23.6 Å². The number of H-pyrrole nitrogens is 1. The molecule has 0 amide bonds. The molecule has 160 valence electrons. The molecule has 0 spiro atoms. The van der Waals surface area contributed by atoms with E-state index in [1.54, 1.807) is 25.0 Å². The molecular formula is C20H27N7O2S. The highest BCUT2D eigenvalue weighted by Gasteiger charge is 2.24. The Hall–Kier alpha value is -2.62. The molecule has 30 heavy (non-hydrogen) atoms. The van der Waals surface area contributed by atoms with Gasteiger partial charge >= 0.3 is 5.69 Å². The molecule has 4 rings (SSSR count). The van der Waals surface area contributed by atoms with E-state index < -0.39 is 5.69 Å². The summed E-state index contributed by atoms with van der Waals surface area (Å²) >= 11 is 1.60. The lowest BCUT2D eigenvalue weighted by molar-refractivity contribution is 0.431. The molecule has 1 saturated heterocycles. The van der Waals surface area contributed by atoms with Gasteiger partial charge in [-0.3, -0.25) is 14.3 Å². The fourth-order valence-electron chi connectivity index (χ4n) is 3.77. The largest absolute Gasteiger partial charge is 0.342 e. The number of aryl methyl sites for hydroxylation is 3. The SMILES string of the molecule is Cc1ccnc(SCCCn2c(N3CCC(C)CC3)nc3c2c(=O)[nH]c(=O)n3C)n1. The summed E-state index contributed by atoms with van der Waals surface area (Å²) in [7, 11) is 1.64. The number of piperidine rings is 1. The predicted molar refractivity (Wildman–Crippen MR) is 118 cm³/mol. The summed E-state index contributed by atoms with van der Waals surface area (Å²) < 4.78 is 3.39. The van der Waals surface area contributed by atoms with Crippen LogP contribution in [-0.2, 0) is 13.6 Å². The summed E-state index contributed by atoms with van der Waals surface area (Å²) in [6, 6.07) is 1.88. The van der Waals surface area contributed by atoms with Crippen molar-refractivity contribution in [3.05, 3.63) is 38.8 Å². The number of hydrogen-bond donors (Lipinski definition) is 1. The van der Waals surface area contributed by atoms with Crippen molar-refractivity contribution in [2.45, 2.75) is 44.8 Å². The third-order valence-electron chi connectivity index (χ3n) is 5.58. The van der Waals surface area contributed by atoms with Gasteiger partial charge in [-0.1, -0.05) is 18.7 Å². The lowest BCUT2D eigenvalue weighted by Gasteiger charge is -2.31. The summed E-state index contributed by atoms with van der Waals surface area (Å²) in [5.74, 6) is 2.29. The summed E-state index contributed by atoms with van der Waals surface area (Å²) in [4.78, 5) is 42.8. The normalized spacial score (nSPS) is 15.2. The van der Waals surface area contributed by atoms with E-state index in [1.165, 1.54) is 4.57 Å². The number of nitrogens with zero attached hydrogens (tertiary/aromatic N) is 6. The fraction of sp³-hybridized carbons (Fsp3) is 0.550. The molecular weight excluding hydrogens is 402 g/mol. The van der Waals surface area contributed by atoms with Crippen LogP contribution in [0.3, 0.4) is 0 Å². The van der Waals surface area contributed by atoms with Crippen LogP contribution in [0.2, 0.25) is 0 Å². The number of fused-ring (bicyclic) bond motifs is 1. The maximum atomic E-state index is 12.6. The number of rotatable bonds is 6. The first-order valence-electron chi connectivity index (χ1n) is 10.3. The summed E-state index contributed by atoms with van der Waals surface area (Å²) in [6.07, 6.45) is 4.79. The zero-order valence-electron chi connectivity index (χ0n) is 17.6. The Balaban J connectivity index is 1.61. The highest BCUT2D eigenvalue weighted by Crippen LogP contribution is 2.26. The number of imidazole rings is 1. The minimum atomic E-state index is -0.442. The second kappa shape index (κ2) is 8.63. The first-order chi connectivity index (χ1) is 14.4. The van der Waals surface area contributed by atoms with Gasteiger partial charge in [-0.05, 0) is 38.2 Å². The monoisotopic (exact) mass is 429 g/mol. The van der Waals surface area contributed by atoms with Crippen molar-refractivity contribution in [1.82, 2.24) is 29.1 Å². The van der Waals surface area contributed by atoms with Gasteiger partial charge in [-0.15, -0.1) is 0 Å². The van der Waals surface area contributed by atoms with Crippen molar-refractivity contribution in [1.29, 1.82) is 0 Å². The van der Waals surface area contributed by atoms with Crippen LogP contribution in [0, 0.1) is 12.8 Å². The van der Waals surface area contributed by atoms with Gasteiger partial charge in [0.2, 0.25) is 5.95 Å². The van der Waals surface area contributed by atoms with E-state index >= 15 is 0 Å². The molecule has 1 fully saturated rings. The van der Waals surface area contributed by atoms with Gasteiger partial charge in [0, 0.05) is 44.3 Å². The fourth-order valence-corrected chi connectivity index (χ4v) is 4.57. The predicted octanol–water partition coefficient (Wildman–Crippen LogP) is 1.94. The van der Waals surface area contributed by atoms with Crippen LogP contribution in [0.4, 0.5) is 5.95 Å². The van der Waals surface area contributed by atoms with E-state index in [1.807, 2.05) is 17.6 Å². The Morgan fingerprint density at radius 2 is 2.00 bits per heavy atom. The second-order valence-corrected chi connectivity index (χ2v) is 8.97. The van der Waals surface area contributed by atoms with E-state index in [4.69, 9.17) is 4.98 Å². The van der Waals surface area contributed by atoms with Gasteiger partial charge in [0.25, 0.3) is 5.56 Å². The Kier molecular flexibility index (Phi) is 5.94. The average molecular weight is 430 g/mol. The molecule has 10 heteroatoms. The van der Waals surface area contributed by atoms with Gasteiger partial charge in [0.05, 0.1) is 0 Å². The van der Waals surface area contributed by atoms with Crippen LogP contribution in [0.1, 0.15) is 31.9 Å². The number of hydrogen-bond acceptors (Lipinski definition) is 7. The first-order valence-corrected chi connectivity index (χ1v) is 11.3. The minimum absolute atomic E-state index is 0.383. The smallest absolute Gasteiger partial charge is 0.329 e. The standard InChI is InChI=1S/C20H27N7O2S/c1-13-6-10-26(11-7-13)19-23-16-15(17(28)24-20(29)25(16)3)27(19)9-4-12-30-18-21-8-5-14(2)22-18/h5,8,13H,4,6-7,9-12H2,1-3H3,(H,24,28,29). The van der Waals surface area contributed by atoms with Crippen molar-refractivity contribution in [2.24, 2.45) is 13.0 Å².